The minimum Gasteiger partial charge on any atom is -0.342 e. The fourth-order valence-corrected chi connectivity index (χ4v) is 2.46. The molecule has 0 unspecified atom stereocenters. The highest BCUT2D eigenvalue weighted by atomic mass is 32.2. The van der Waals surface area contributed by atoms with E-state index < -0.39 is 0 Å². The van der Waals surface area contributed by atoms with Crippen molar-refractivity contribution in [3.63, 3.8) is 0 Å². The summed E-state index contributed by atoms with van der Waals surface area (Å²) in [5.74, 6) is 2.52. The number of rotatable bonds is 3. The second-order valence-corrected chi connectivity index (χ2v) is 5.15. The van der Waals surface area contributed by atoms with Gasteiger partial charge in [-0.25, -0.2) is 0 Å². The molecule has 17 heavy (non-hydrogen) atoms. The van der Waals surface area contributed by atoms with Crippen LogP contribution in [0.2, 0.25) is 0 Å². The average Bonchev–Trinajstić information content (AvgIpc) is 2.78. The third kappa shape index (κ3) is 3.00. The average molecular weight is 255 g/mol. The van der Waals surface area contributed by atoms with Gasteiger partial charge in [0.05, 0.1) is 11.7 Å². The molecule has 1 aromatic rings. The van der Waals surface area contributed by atoms with Crippen LogP contribution in [0.1, 0.15) is 37.4 Å². The van der Waals surface area contributed by atoms with E-state index in [-0.39, 0.29) is 11.8 Å². The smallest absolute Gasteiger partial charge is 0.231 e. The molecule has 0 bridgehead atoms. The number of nitrogens with zero attached hydrogens (tertiary/aromatic N) is 3. The van der Waals surface area contributed by atoms with E-state index in [0.29, 0.717) is 12.4 Å². The van der Waals surface area contributed by atoms with Gasteiger partial charge in [0.15, 0.2) is 5.82 Å². The van der Waals surface area contributed by atoms with Crippen LogP contribution in [0.4, 0.5) is 0 Å². The second kappa shape index (κ2) is 5.53. The Morgan fingerprint density at radius 2 is 2.47 bits per heavy atom. The molecular formula is C11H17N3O2S. The summed E-state index contributed by atoms with van der Waals surface area (Å²) >= 11 is 1.67. The summed E-state index contributed by atoms with van der Waals surface area (Å²) in [7, 11) is 0. The van der Waals surface area contributed by atoms with Gasteiger partial charge in [-0.1, -0.05) is 5.16 Å². The van der Waals surface area contributed by atoms with Gasteiger partial charge in [-0.2, -0.15) is 16.7 Å². The quantitative estimate of drug-likeness (QED) is 0.822. The van der Waals surface area contributed by atoms with Crippen LogP contribution in [0.15, 0.2) is 4.52 Å². The molecule has 1 saturated heterocycles. The van der Waals surface area contributed by atoms with Crippen molar-refractivity contribution in [1.29, 1.82) is 0 Å². The van der Waals surface area contributed by atoms with Crippen LogP contribution in [-0.2, 0) is 10.5 Å². The van der Waals surface area contributed by atoms with Crippen LogP contribution in [-0.4, -0.2) is 40.3 Å². The van der Waals surface area contributed by atoms with E-state index >= 15 is 0 Å². The van der Waals surface area contributed by atoms with E-state index in [0.717, 1.165) is 31.0 Å². The molecule has 0 N–H and O–H groups in total. The van der Waals surface area contributed by atoms with Crippen molar-refractivity contribution in [2.75, 3.05) is 19.3 Å². The molecule has 1 aliphatic heterocycles. The fraction of sp³-hybridized carbons (Fsp3) is 0.727. The lowest BCUT2D eigenvalue weighted by Crippen LogP contribution is -2.37. The minimum atomic E-state index is 0.124. The number of carbonyl (C=O) groups excluding carboxylic acids is 1. The molecule has 1 fully saturated rings. The molecule has 1 atom stereocenters. The SMILES string of the molecule is CSCc1noc([C@@H]2CCCN(C(C)=O)C2)n1. The Morgan fingerprint density at radius 3 is 3.18 bits per heavy atom. The summed E-state index contributed by atoms with van der Waals surface area (Å²) in [4.78, 5) is 17.6. The molecule has 1 aliphatic rings. The Hall–Kier alpha value is -1.04. The second-order valence-electron chi connectivity index (χ2n) is 4.29. The number of aromatic nitrogens is 2. The predicted molar refractivity (Wildman–Crippen MR) is 65.7 cm³/mol. The Bertz CT molecular complexity index is 394. The first-order valence-corrected chi connectivity index (χ1v) is 7.17. The van der Waals surface area contributed by atoms with E-state index in [2.05, 4.69) is 10.1 Å². The van der Waals surface area contributed by atoms with E-state index in [1.165, 1.54) is 0 Å². The van der Waals surface area contributed by atoms with Gasteiger partial charge >= 0.3 is 0 Å². The number of thioether (sulfide) groups is 1. The maximum atomic E-state index is 11.3. The number of piperidine rings is 1. The molecule has 0 spiro atoms. The van der Waals surface area contributed by atoms with Crippen LogP contribution < -0.4 is 0 Å². The van der Waals surface area contributed by atoms with Crippen molar-refractivity contribution < 1.29 is 9.32 Å². The number of hydrogen-bond donors (Lipinski definition) is 0. The van der Waals surface area contributed by atoms with Crippen molar-refractivity contribution in [3.05, 3.63) is 11.7 Å². The summed E-state index contributed by atoms with van der Waals surface area (Å²) in [6.45, 7) is 3.16. The maximum Gasteiger partial charge on any atom is 0.231 e. The van der Waals surface area contributed by atoms with Gasteiger partial charge in [0.2, 0.25) is 11.8 Å². The van der Waals surface area contributed by atoms with Gasteiger partial charge in [0.1, 0.15) is 0 Å². The largest absolute Gasteiger partial charge is 0.342 e. The molecule has 1 amide bonds. The molecule has 0 saturated carbocycles. The van der Waals surface area contributed by atoms with Gasteiger partial charge in [-0.15, -0.1) is 0 Å². The van der Waals surface area contributed by atoms with Crippen LogP contribution in [0, 0.1) is 0 Å². The molecule has 0 radical (unpaired) electrons. The van der Waals surface area contributed by atoms with Crippen molar-refractivity contribution in [2.24, 2.45) is 0 Å². The third-order valence-corrected chi connectivity index (χ3v) is 3.52. The number of hydrogen-bond acceptors (Lipinski definition) is 5. The lowest BCUT2D eigenvalue weighted by atomic mass is 9.98. The van der Waals surface area contributed by atoms with E-state index in [4.69, 9.17) is 4.52 Å². The molecular weight excluding hydrogens is 238 g/mol. The normalized spacial score (nSPS) is 20.6. The standard InChI is InChI=1S/C11H17N3O2S/c1-8(15)14-5-3-4-9(6-14)11-12-10(7-17-2)13-16-11/h9H,3-7H2,1-2H3/t9-/m1/s1. The highest BCUT2D eigenvalue weighted by molar-refractivity contribution is 7.97. The number of carbonyl (C=O) groups is 1. The van der Waals surface area contributed by atoms with E-state index in [1.807, 2.05) is 11.2 Å². The Labute approximate surface area is 105 Å². The molecule has 6 heteroatoms. The zero-order valence-electron chi connectivity index (χ0n) is 10.2. The Balaban J connectivity index is 2.02. The van der Waals surface area contributed by atoms with Gasteiger partial charge in [-0.05, 0) is 19.1 Å². The number of amides is 1. The lowest BCUT2D eigenvalue weighted by molar-refractivity contribution is -0.130. The molecule has 0 aliphatic carbocycles. The highest BCUT2D eigenvalue weighted by Gasteiger charge is 2.26. The first-order chi connectivity index (χ1) is 8.20. The first-order valence-electron chi connectivity index (χ1n) is 5.77. The monoisotopic (exact) mass is 255 g/mol. The molecule has 5 nitrogen and oxygen atoms in total. The van der Waals surface area contributed by atoms with Gasteiger partial charge in [0.25, 0.3) is 0 Å². The zero-order chi connectivity index (χ0) is 12.3. The zero-order valence-corrected chi connectivity index (χ0v) is 11.0. The Morgan fingerprint density at radius 1 is 1.65 bits per heavy atom. The van der Waals surface area contributed by atoms with Gasteiger partial charge in [0, 0.05) is 20.0 Å². The van der Waals surface area contributed by atoms with Crippen molar-refractivity contribution >= 4 is 17.7 Å². The highest BCUT2D eigenvalue weighted by Crippen LogP contribution is 2.26. The lowest BCUT2D eigenvalue weighted by Gasteiger charge is -2.29. The van der Waals surface area contributed by atoms with Gasteiger partial charge in [-0.3, -0.25) is 4.79 Å². The van der Waals surface area contributed by atoms with E-state index in [1.54, 1.807) is 18.7 Å². The summed E-state index contributed by atoms with van der Waals surface area (Å²) in [5.41, 5.74) is 0. The van der Waals surface area contributed by atoms with Crippen molar-refractivity contribution in [1.82, 2.24) is 15.0 Å². The fourth-order valence-electron chi connectivity index (χ4n) is 2.09. The summed E-state index contributed by atoms with van der Waals surface area (Å²) in [6, 6.07) is 0. The first kappa shape index (κ1) is 12.4. The van der Waals surface area contributed by atoms with Crippen LogP contribution in [0.5, 0.6) is 0 Å². The van der Waals surface area contributed by atoms with Crippen LogP contribution in [0.3, 0.4) is 0 Å². The molecule has 2 heterocycles. The van der Waals surface area contributed by atoms with Gasteiger partial charge < -0.3 is 9.42 Å². The minimum absolute atomic E-state index is 0.124. The van der Waals surface area contributed by atoms with Crippen LogP contribution >= 0.6 is 11.8 Å². The Kier molecular flexibility index (Phi) is 4.04. The molecule has 2 rings (SSSR count). The molecule has 94 valence electrons. The molecule has 0 aromatic carbocycles. The maximum absolute atomic E-state index is 11.3. The van der Waals surface area contributed by atoms with Crippen LogP contribution in [0.25, 0.3) is 0 Å². The van der Waals surface area contributed by atoms with Crippen molar-refractivity contribution in [3.8, 4) is 0 Å². The summed E-state index contributed by atoms with van der Waals surface area (Å²) < 4.78 is 5.27. The molecule has 1 aromatic heterocycles. The van der Waals surface area contributed by atoms with Crippen molar-refractivity contribution in [2.45, 2.75) is 31.4 Å². The third-order valence-electron chi connectivity index (χ3n) is 2.97. The van der Waals surface area contributed by atoms with E-state index in [9.17, 15) is 4.79 Å². The predicted octanol–water partition coefficient (Wildman–Crippen LogP) is 1.66. The summed E-state index contributed by atoms with van der Waals surface area (Å²) in [5, 5.41) is 3.94. The summed E-state index contributed by atoms with van der Waals surface area (Å²) in [6.07, 6.45) is 4.03. The topological polar surface area (TPSA) is 59.2 Å². The number of likely N-dealkylation sites (tertiary alicyclic amines) is 1.